The summed E-state index contributed by atoms with van der Waals surface area (Å²) in [6.45, 7) is 12.5. The van der Waals surface area contributed by atoms with E-state index < -0.39 is 17.6 Å². The molecule has 0 heterocycles. The Bertz CT molecular complexity index is 1160. The van der Waals surface area contributed by atoms with E-state index in [1.165, 1.54) is 40.7 Å². The van der Waals surface area contributed by atoms with Crippen LogP contribution in [0.2, 0.25) is 0 Å². The number of hydrogen-bond donors (Lipinski definition) is 1. The first-order chi connectivity index (χ1) is 18.4. The normalized spacial score (nSPS) is 16.8. The van der Waals surface area contributed by atoms with Crippen LogP contribution in [-0.2, 0) is 21.4 Å². The average molecular weight is 536 g/mol. The highest BCUT2D eigenvalue weighted by Crippen LogP contribution is 2.41. The Morgan fingerprint density at radius 1 is 0.974 bits per heavy atom. The van der Waals surface area contributed by atoms with E-state index in [2.05, 4.69) is 58.0 Å². The van der Waals surface area contributed by atoms with Crippen LogP contribution in [0.15, 0.2) is 36.4 Å². The van der Waals surface area contributed by atoms with Crippen molar-refractivity contribution in [2.24, 2.45) is 5.92 Å². The van der Waals surface area contributed by atoms with Crippen molar-refractivity contribution in [1.82, 2.24) is 4.90 Å². The molecule has 1 aliphatic rings. The maximum Gasteiger partial charge on any atom is 0.328 e. The van der Waals surface area contributed by atoms with Crippen LogP contribution >= 0.6 is 0 Å². The molecule has 2 unspecified atom stereocenters. The zero-order valence-electron chi connectivity index (χ0n) is 25.4. The minimum atomic E-state index is -0.657. The fourth-order valence-corrected chi connectivity index (χ4v) is 6.53. The van der Waals surface area contributed by atoms with E-state index in [1.807, 2.05) is 13.0 Å². The van der Waals surface area contributed by atoms with Crippen molar-refractivity contribution in [3.8, 4) is 0 Å². The maximum atomic E-state index is 13.2. The number of benzene rings is 2. The largest absolute Gasteiger partial charge is 0.467 e. The molecule has 0 bridgehead atoms. The van der Waals surface area contributed by atoms with Crippen LogP contribution in [0, 0.1) is 19.8 Å². The molecule has 0 radical (unpaired) electrons. The molecule has 1 saturated carbocycles. The molecule has 39 heavy (non-hydrogen) atoms. The van der Waals surface area contributed by atoms with E-state index in [1.54, 1.807) is 14.0 Å². The van der Waals surface area contributed by atoms with Gasteiger partial charge in [-0.15, -0.1) is 0 Å². The summed E-state index contributed by atoms with van der Waals surface area (Å²) in [6.07, 6.45) is 8.06. The molecule has 1 aliphatic carbocycles. The number of hydrogen-bond acceptors (Lipinski definition) is 4. The molecule has 214 valence electrons. The highest BCUT2D eigenvalue weighted by Gasteiger charge is 2.36. The molecule has 5 heteroatoms. The first kappa shape index (κ1) is 30.9. The Balaban J connectivity index is 1.90. The van der Waals surface area contributed by atoms with Gasteiger partial charge in [0.15, 0.2) is 0 Å². The van der Waals surface area contributed by atoms with E-state index >= 15 is 0 Å². The number of nitrogens with zero attached hydrogens (tertiary/aromatic N) is 1. The Kier molecular flexibility index (Phi) is 10.0. The number of methoxy groups -OCH3 is 1. The van der Waals surface area contributed by atoms with Gasteiger partial charge in [-0.3, -0.25) is 4.79 Å². The van der Waals surface area contributed by atoms with E-state index in [0.717, 1.165) is 50.5 Å². The van der Waals surface area contributed by atoms with Crippen LogP contribution in [0.3, 0.4) is 0 Å². The quantitative estimate of drug-likeness (QED) is 0.336. The summed E-state index contributed by atoms with van der Waals surface area (Å²) in [5, 5.41) is 11.2. The Morgan fingerprint density at radius 3 is 2.05 bits per heavy atom. The molecule has 0 spiro atoms. The molecular weight excluding hydrogens is 486 g/mol. The molecule has 2 aromatic rings. The second-order valence-electron chi connectivity index (χ2n) is 11.8. The van der Waals surface area contributed by atoms with E-state index in [0.29, 0.717) is 5.56 Å². The molecule has 3 rings (SSSR count). The van der Waals surface area contributed by atoms with Gasteiger partial charge in [-0.1, -0.05) is 70.4 Å². The van der Waals surface area contributed by atoms with E-state index in [9.17, 15) is 14.7 Å². The highest BCUT2D eigenvalue weighted by atomic mass is 16.5. The van der Waals surface area contributed by atoms with Gasteiger partial charge in [0, 0.05) is 18.0 Å². The number of likely N-dealkylation sites (N-methyl/N-ethyl adjacent to an activating group) is 1. The summed E-state index contributed by atoms with van der Waals surface area (Å²) < 4.78 is 4.82. The second-order valence-corrected chi connectivity index (χ2v) is 11.8. The number of ether oxygens (including phenoxy) is 1. The van der Waals surface area contributed by atoms with Crippen molar-refractivity contribution in [2.75, 3.05) is 14.2 Å². The molecule has 2 atom stereocenters. The average Bonchev–Trinajstić information content (AvgIpc) is 2.94. The van der Waals surface area contributed by atoms with E-state index in [-0.39, 0.29) is 17.2 Å². The third kappa shape index (κ3) is 6.24. The number of amides is 1. The Hall–Kier alpha value is -2.66. The van der Waals surface area contributed by atoms with Crippen molar-refractivity contribution in [3.05, 3.63) is 69.8 Å². The van der Waals surface area contributed by atoms with E-state index in [4.69, 9.17) is 4.74 Å². The third-order valence-corrected chi connectivity index (χ3v) is 9.72. The van der Waals surface area contributed by atoms with Crippen molar-refractivity contribution < 1.29 is 19.4 Å². The molecule has 5 nitrogen and oxygen atoms in total. The number of carbonyl (C=O) groups is 2. The van der Waals surface area contributed by atoms with Crippen molar-refractivity contribution in [2.45, 2.75) is 110 Å². The van der Waals surface area contributed by atoms with Crippen molar-refractivity contribution in [1.29, 1.82) is 0 Å². The highest BCUT2D eigenvalue weighted by molar-refractivity contribution is 5.97. The lowest BCUT2D eigenvalue weighted by Gasteiger charge is -2.38. The zero-order chi connectivity index (χ0) is 29.0. The SMILES string of the molecule is CCC(CC)(c1ccc(CC(C)C2(O)CCCCC2)c(C)c1)c1ccc(C(=O)N(C)C(C)C(=O)OC)c(C)c1. The number of rotatable bonds is 10. The van der Waals surface area contributed by atoms with Crippen LogP contribution in [0.5, 0.6) is 0 Å². The lowest BCUT2D eigenvalue weighted by molar-refractivity contribution is -0.144. The first-order valence-corrected chi connectivity index (χ1v) is 14.7. The number of carbonyl (C=O) groups excluding carboxylic acids is 2. The Morgan fingerprint density at radius 2 is 1.54 bits per heavy atom. The van der Waals surface area contributed by atoms with Gasteiger partial charge in [0.2, 0.25) is 0 Å². The lowest BCUT2D eigenvalue weighted by atomic mass is 9.69. The standard InChI is InChI=1S/C34H49NO4/c1-9-33(10-2,29-16-17-30(24(4)21-29)31(36)35(7)26(6)32(37)39-8)28-15-14-27(23(3)20-28)22-25(5)34(38)18-12-11-13-19-34/h14-17,20-21,25-26,38H,9-13,18-19,22H2,1-8H3. The molecule has 1 amide bonds. The van der Waals surface area contributed by atoms with Crippen LogP contribution in [-0.4, -0.2) is 47.7 Å². The summed E-state index contributed by atoms with van der Waals surface area (Å²) in [7, 11) is 2.97. The van der Waals surface area contributed by atoms with Gasteiger partial charge in [0.25, 0.3) is 5.91 Å². The molecule has 1 fully saturated rings. The summed E-state index contributed by atoms with van der Waals surface area (Å²) in [5.41, 5.74) is 5.84. The van der Waals surface area contributed by atoms with Crippen molar-refractivity contribution >= 4 is 11.9 Å². The Labute approximate surface area is 236 Å². The molecule has 0 aromatic heterocycles. The molecule has 2 aromatic carbocycles. The van der Waals surface area contributed by atoms with Gasteiger partial charge in [0.1, 0.15) is 6.04 Å². The zero-order valence-corrected chi connectivity index (χ0v) is 25.4. The summed E-state index contributed by atoms with van der Waals surface area (Å²) in [4.78, 5) is 26.6. The third-order valence-electron chi connectivity index (χ3n) is 9.72. The monoisotopic (exact) mass is 535 g/mol. The lowest BCUT2D eigenvalue weighted by Crippen LogP contribution is -2.41. The predicted octanol–water partition coefficient (Wildman–Crippen LogP) is 6.92. The maximum absolute atomic E-state index is 13.2. The van der Waals surface area contributed by atoms with Gasteiger partial charge >= 0.3 is 5.97 Å². The fraction of sp³-hybridized carbons (Fsp3) is 0.588. The summed E-state index contributed by atoms with van der Waals surface area (Å²) in [6, 6.07) is 12.3. The minimum Gasteiger partial charge on any atom is -0.467 e. The van der Waals surface area contributed by atoms with Crippen LogP contribution in [0.4, 0.5) is 0 Å². The summed E-state index contributed by atoms with van der Waals surface area (Å²) >= 11 is 0. The molecule has 0 aliphatic heterocycles. The topological polar surface area (TPSA) is 66.8 Å². The molecule has 1 N–H and O–H groups in total. The van der Waals surface area contributed by atoms with Gasteiger partial charge in [0.05, 0.1) is 12.7 Å². The van der Waals surface area contributed by atoms with Crippen LogP contribution in [0.1, 0.15) is 111 Å². The van der Waals surface area contributed by atoms with Gasteiger partial charge in [-0.2, -0.15) is 0 Å². The van der Waals surface area contributed by atoms with Crippen LogP contribution < -0.4 is 0 Å². The van der Waals surface area contributed by atoms with Crippen molar-refractivity contribution in [3.63, 3.8) is 0 Å². The number of esters is 1. The molecular formula is C34H49NO4. The van der Waals surface area contributed by atoms with Crippen LogP contribution in [0.25, 0.3) is 0 Å². The van der Waals surface area contributed by atoms with Gasteiger partial charge in [-0.25, -0.2) is 4.79 Å². The fourth-order valence-electron chi connectivity index (χ4n) is 6.53. The first-order valence-electron chi connectivity index (χ1n) is 14.7. The predicted molar refractivity (Wildman–Crippen MR) is 158 cm³/mol. The van der Waals surface area contributed by atoms with Gasteiger partial charge in [-0.05, 0) is 92.7 Å². The molecule has 0 saturated heterocycles. The van der Waals surface area contributed by atoms with Gasteiger partial charge < -0.3 is 14.7 Å². The number of aryl methyl sites for hydroxylation is 2. The second kappa shape index (κ2) is 12.7. The number of aliphatic hydroxyl groups is 1. The minimum absolute atomic E-state index is 0.173. The smallest absolute Gasteiger partial charge is 0.328 e. The summed E-state index contributed by atoms with van der Waals surface area (Å²) in [5.74, 6) is -0.390.